The first-order chi connectivity index (χ1) is 9.74. The number of ether oxygens (including phenoxy) is 2. The van der Waals surface area contributed by atoms with E-state index in [-0.39, 0.29) is 5.78 Å². The van der Waals surface area contributed by atoms with Crippen molar-refractivity contribution in [2.24, 2.45) is 0 Å². The van der Waals surface area contributed by atoms with Crippen molar-refractivity contribution in [3.8, 4) is 11.5 Å². The molecule has 0 saturated heterocycles. The molecule has 0 unspecified atom stereocenters. The number of hydrogen-bond donors (Lipinski definition) is 0. The van der Waals surface area contributed by atoms with E-state index in [1.807, 2.05) is 12.1 Å². The second-order valence-electron chi connectivity index (χ2n) is 4.34. The van der Waals surface area contributed by atoms with Crippen LogP contribution in [0.3, 0.4) is 0 Å². The molecule has 1 aromatic carbocycles. The number of rotatable bonds is 6. The quantitative estimate of drug-likeness (QED) is 0.758. The molecule has 104 valence electrons. The maximum absolute atomic E-state index is 12.3. The zero-order chi connectivity index (χ0) is 14.4. The molecule has 0 aliphatic heterocycles. The average molecular weight is 271 g/mol. The van der Waals surface area contributed by atoms with Gasteiger partial charge in [0.1, 0.15) is 11.5 Å². The third-order valence-corrected chi connectivity index (χ3v) is 3.10. The number of aryl methyl sites for hydroxylation is 1. The minimum atomic E-state index is 0.0568. The lowest BCUT2D eigenvalue weighted by molar-refractivity contribution is 0.0980. The minimum absolute atomic E-state index is 0.0568. The van der Waals surface area contributed by atoms with Crippen LogP contribution in [0.2, 0.25) is 0 Å². The third kappa shape index (κ3) is 3.35. The van der Waals surface area contributed by atoms with Gasteiger partial charge < -0.3 is 9.47 Å². The number of ketones is 1. The molecule has 0 bridgehead atoms. The topological polar surface area (TPSA) is 48.4 Å². The minimum Gasteiger partial charge on any atom is -0.497 e. The Hall–Kier alpha value is -2.36. The van der Waals surface area contributed by atoms with Crippen LogP contribution in [0.5, 0.6) is 11.5 Å². The van der Waals surface area contributed by atoms with E-state index in [0.29, 0.717) is 29.9 Å². The van der Waals surface area contributed by atoms with Gasteiger partial charge in [-0.1, -0.05) is 0 Å². The molecule has 0 N–H and O–H groups in total. The maximum Gasteiger partial charge on any atom is 0.166 e. The number of pyridine rings is 1. The molecule has 20 heavy (non-hydrogen) atoms. The van der Waals surface area contributed by atoms with Gasteiger partial charge in [-0.3, -0.25) is 9.78 Å². The van der Waals surface area contributed by atoms with Crippen molar-refractivity contribution in [1.82, 2.24) is 4.98 Å². The van der Waals surface area contributed by atoms with E-state index in [1.165, 1.54) is 0 Å². The first kappa shape index (κ1) is 14.1. The van der Waals surface area contributed by atoms with Crippen LogP contribution in [0.15, 0.2) is 42.7 Å². The fourth-order valence-corrected chi connectivity index (χ4v) is 1.97. The van der Waals surface area contributed by atoms with Gasteiger partial charge >= 0.3 is 0 Å². The van der Waals surface area contributed by atoms with Crippen molar-refractivity contribution in [3.63, 3.8) is 0 Å². The third-order valence-electron chi connectivity index (χ3n) is 3.10. The van der Waals surface area contributed by atoms with Gasteiger partial charge in [-0.15, -0.1) is 0 Å². The number of carbonyl (C=O) groups is 1. The van der Waals surface area contributed by atoms with Crippen LogP contribution in [0.25, 0.3) is 0 Å². The molecule has 0 spiro atoms. The number of Topliss-reactive ketones (excluding diaryl/α,β-unsaturated/α-hetero) is 1. The van der Waals surface area contributed by atoms with Crippen molar-refractivity contribution in [1.29, 1.82) is 0 Å². The van der Waals surface area contributed by atoms with E-state index in [4.69, 9.17) is 9.47 Å². The van der Waals surface area contributed by atoms with E-state index in [1.54, 1.807) is 44.8 Å². The first-order valence-electron chi connectivity index (χ1n) is 6.38. The monoisotopic (exact) mass is 271 g/mol. The SMILES string of the molecule is COc1ccc(C(=O)CCc2ccncc2)c(OC)c1. The standard InChI is InChI=1S/C16H17NO3/c1-19-13-4-5-14(16(11-13)20-2)15(18)6-3-12-7-9-17-10-8-12/h4-5,7-11H,3,6H2,1-2H3. The predicted octanol–water partition coefficient (Wildman–Crippen LogP) is 2.91. The summed E-state index contributed by atoms with van der Waals surface area (Å²) in [7, 11) is 3.13. The van der Waals surface area contributed by atoms with Gasteiger partial charge in [-0.25, -0.2) is 0 Å². The Morgan fingerprint density at radius 1 is 1.10 bits per heavy atom. The molecule has 0 atom stereocenters. The average Bonchev–Trinajstić information content (AvgIpc) is 2.52. The van der Waals surface area contributed by atoms with Crippen LogP contribution >= 0.6 is 0 Å². The molecule has 0 amide bonds. The van der Waals surface area contributed by atoms with Crippen LogP contribution in [-0.4, -0.2) is 25.0 Å². The van der Waals surface area contributed by atoms with Crippen molar-refractivity contribution >= 4 is 5.78 Å². The Morgan fingerprint density at radius 2 is 1.85 bits per heavy atom. The molecule has 0 radical (unpaired) electrons. The Kier molecular flexibility index (Phi) is 4.71. The second-order valence-corrected chi connectivity index (χ2v) is 4.34. The summed E-state index contributed by atoms with van der Waals surface area (Å²) in [5, 5.41) is 0. The van der Waals surface area contributed by atoms with Gasteiger partial charge in [0.15, 0.2) is 5.78 Å². The van der Waals surface area contributed by atoms with Gasteiger partial charge in [0.2, 0.25) is 0 Å². The molecule has 0 aliphatic carbocycles. The van der Waals surface area contributed by atoms with Crippen molar-refractivity contribution in [3.05, 3.63) is 53.9 Å². The molecule has 0 saturated carbocycles. The number of nitrogens with zero attached hydrogens (tertiary/aromatic N) is 1. The number of carbonyl (C=O) groups excluding carboxylic acids is 1. The van der Waals surface area contributed by atoms with Crippen LogP contribution < -0.4 is 9.47 Å². The smallest absolute Gasteiger partial charge is 0.166 e. The predicted molar refractivity (Wildman–Crippen MR) is 76.4 cm³/mol. The molecule has 0 fully saturated rings. The van der Waals surface area contributed by atoms with E-state index >= 15 is 0 Å². The Balaban J connectivity index is 2.09. The molecule has 2 rings (SSSR count). The molecule has 4 heteroatoms. The number of methoxy groups -OCH3 is 2. The summed E-state index contributed by atoms with van der Waals surface area (Å²) in [6, 6.07) is 9.06. The summed E-state index contributed by atoms with van der Waals surface area (Å²) in [5.74, 6) is 1.28. The molecule has 2 aromatic rings. The van der Waals surface area contributed by atoms with Gasteiger partial charge in [0.25, 0.3) is 0 Å². The fourth-order valence-electron chi connectivity index (χ4n) is 1.97. The fraction of sp³-hybridized carbons (Fsp3) is 0.250. The van der Waals surface area contributed by atoms with Crippen LogP contribution in [0.1, 0.15) is 22.3 Å². The van der Waals surface area contributed by atoms with Gasteiger partial charge in [-0.2, -0.15) is 0 Å². The largest absolute Gasteiger partial charge is 0.497 e. The highest BCUT2D eigenvalue weighted by atomic mass is 16.5. The van der Waals surface area contributed by atoms with E-state index < -0.39 is 0 Å². The van der Waals surface area contributed by atoms with Gasteiger partial charge in [0.05, 0.1) is 19.8 Å². The summed E-state index contributed by atoms with van der Waals surface area (Å²) in [5.41, 5.74) is 1.68. The maximum atomic E-state index is 12.3. The van der Waals surface area contributed by atoms with E-state index in [0.717, 1.165) is 5.56 Å². The zero-order valence-electron chi connectivity index (χ0n) is 11.6. The molecule has 0 aliphatic rings. The Bertz CT molecular complexity index is 582. The Labute approximate surface area is 118 Å². The highest BCUT2D eigenvalue weighted by Gasteiger charge is 2.13. The molecule has 4 nitrogen and oxygen atoms in total. The summed E-state index contributed by atoms with van der Waals surface area (Å²) in [6.07, 6.45) is 4.59. The summed E-state index contributed by atoms with van der Waals surface area (Å²) in [6.45, 7) is 0. The lowest BCUT2D eigenvalue weighted by atomic mass is 10.0. The molecular formula is C16H17NO3. The van der Waals surface area contributed by atoms with Gasteiger partial charge in [-0.05, 0) is 36.2 Å². The second kappa shape index (κ2) is 6.70. The van der Waals surface area contributed by atoms with Crippen molar-refractivity contribution in [2.45, 2.75) is 12.8 Å². The highest BCUT2D eigenvalue weighted by Crippen LogP contribution is 2.25. The van der Waals surface area contributed by atoms with Crippen LogP contribution in [0, 0.1) is 0 Å². The normalized spacial score (nSPS) is 10.1. The van der Waals surface area contributed by atoms with Crippen LogP contribution in [0.4, 0.5) is 0 Å². The lowest BCUT2D eigenvalue weighted by Crippen LogP contribution is -2.04. The summed E-state index contributed by atoms with van der Waals surface area (Å²) < 4.78 is 10.4. The summed E-state index contributed by atoms with van der Waals surface area (Å²) >= 11 is 0. The van der Waals surface area contributed by atoms with Crippen molar-refractivity contribution in [2.75, 3.05) is 14.2 Å². The number of hydrogen-bond acceptors (Lipinski definition) is 4. The van der Waals surface area contributed by atoms with Crippen LogP contribution in [-0.2, 0) is 6.42 Å². The van der Waals surface area contributed by atoms with Gasteiger partial charge in [0, 0.05) is 24.9 Å². The lowest BCUT2D eigenvalue weighted by Gasteiger charge is -2.09. The zero-order valence-corrected chi connectivity index (χ0v) is 11.6. The Morgan fingerprint density at radius 3 is 2.50 bits per heavy atom. The summed E-state index contributed by atoms with van der Waals surface area (Å²) in [4.78, 5) is 16.2. The first-order valence-corrected chi connectivity index (χ1v) is 6.38. The number of benzene rings is 1. The van der Waals surface area contributed by atoms with E-state index in [2.05, 4.69) is 4.98 Å². The molecular weight excluding hydrogens is 254 g/mol. The highest BCUT2D eigenvalue weighted by molar-refractivity contribution is 5.99. The molecule has 1 heterocycles. The van der Waals surface area contributed by atoms with E-state index in [9.17, 15) is 4.79 Å². The number of aromatic nitrogens is 1. The van der Waals surface area contributed by atoms with Crippen molar-refractivity contribution < 1.29 is 14.3 Å². The molecule has 1 aromatic heterocycles.